The van der Waals surface area contributed by atoms with Gasteiger partial charge in [0.25, 0.3) is 0 Å². The first-order valence-electron chi connectivity index (χ1n) is 10.3. The number of carbonyl (C=O) groups is 3. The summed E-state index contributed by atoms with van der Waals surface area (Å²) in [5.41, 5.74) is 2.60. The Labute approximate surface area is 182 Å². The van der Waals surface area contributed by atoms with Gasteiger partial charge in [-0.1, -0.05) is 91.0 Å². The van der Waals surface area contributed by atoms with Crippen LogP contribution in [0.4, 0.5) is 0 Å². The molecule has 5 heteroatoms. The van der Waals surface area contributed by atoms with E-state index in [1.807, 2.05) is 91.0 Å². The highest BCUT2D eigenvalue weighted by molar-refractivity contribution is 5.93. The molecule has 158 valence electrons. The highest BCUT2D eigenvalue weighted by Gasteiger charge is 2.28. The van der Waals surface area contributed by atoms with Gasteiger partial charge in [-0.3, -0.25) is 14.4 Å². The van der Waals surface area contributed by atoms with Crippen LogP contribution < -0.4 is 10.6 Å². The third kappa shape index (κ3) is 6.37. The Morgan fingerprint density at radius 1 is 0.710 bits per heavy atom. The molecule has 0 aliphatic rings. The molecule has 0 saturated carbocycles. The first-order chi connectivity index (χ1) is 15.0. The van der Waals surface area contributed by atoms with Crippen molar-refractivity contribution in [3.63, 3.8) is 0 Å². The molecule has 0 saturated heterocycles. The lowest BCUT2D eigenvalue weighted by Gasteiger charge is -2.23. The van der Waals surface area contributed by atoms with E-state index in [1.165, 1.54) is 6.92 Å². The number of nitrogens with one attached hydrogen (secondary N) is 2. The van der Waals surface area contributed by atoms with Crippen LogP contribution in [0.3, 0.4) is 0 Å². The number of Topliss-reactive ketones (excluding diaryl/α,β-unsaturated/α-hetero) is 1. The summed E-state index contributed by atoms with van der Waals surface area (Å²) in [6.07, 6.45) is 0.326. The van der Waals surface area contributed by atoms with E-state index in [9.17, 15) is 14.4 Å². The summed E-state index contributed by atoms with van der Waals surface area (Å²) in [6.45, 7) is 1.34. The fourth-order valence-corrected chi connectivity index (χ4v) is 3.44. The van der Waals surface area contributed by atoms with Crippen molar-refractivity contribution in [1.82, 2.24) is 10.6 Å². The SMILES string of the molecule is CC(=O)CNC(=O)[C@H](Cc1ccccc1)NC(=O)C(c1ccccc1)c1ccccc1. The third-order valence-electron chi connectivity index (χ3n) is 4.96. The van der Waals surface area contributed by atoms with Crippen molar-refractivity contribution >= 4 is 17.6 Å². The van der Waals surface area contributed by atoms with Crippen LogP contribution in [-0.4, -0.2) is 30.2 Å². The van der Waals surface area contributed by atoms with Crippen LogP contribution in [0.15, 0.2) is 91.0 Å². The Hall–Kier alpha value is -3.73. The number of rotatable bonds is 9. The molecule has 1 atom stereocenters. The molecule has 0 bridgehead atoms. The molecule has 3 rings (SSSR count). The van der Waals surface area contributed by atoms with Gasteiger partial charge >= 0.3 is 0 Å². The van der Waals surface area contributed by atoms with E-state index < -0.39 is 12.0 Å². The van der Waals surface area contributed by atoms with Gasteiger partial charge < -0.3 is 10.6 Å². The van der Waals surface area contributed by atoms with Crippen molar-refractivity contribution in [2.75, 3.05) is 6.54 Å². The Morgan fingerprint density at radius 2 is 1.19 bits per heavy atom. The number of amides is 2. The minimum absolute atomic E-state index is 0.0687. The molecule has 3 aromatic rings. The van der Waals surface area contributed by atoms with Crippen molar-refractivity contribution < 1.29 is 14.4 Å². The van der Waals surface area contributed by atoms with Crippen molar-refractivity contribution in [1.29, 1.82) is 0 Å². The molecule has 0 aliphatic heterocycles. The summed E-state index contributed by atoms with van der Waals surface area (Å²) in [7, 11) is 0. The molecule has 0 fully saturated rings. The van der Waals surface area contributed by atoms with Crippen molar-refractivity contribution in [2.45, 2.75) is 25.3 Å². The number of ketones is 1. The summed E-state index contributed by atoms with van der Waals surface area (Å²) in [5, 5.41) is 5.55. The summed E-state index contributed by atoms with van der Waals surface area (Å²) in [5.74, 6) is -1.35. The first kappa shape index (κ1) is 22.0. The van der Waals surface area contributed by atoms with Crippen LogP contribution in [0, 0.1) is 0 Å². The van der Waals surface area contributed by atoms with E-state index in [0.717, 1.165) is 16.7 Å². The number of carbonyl (C=O) groups excluding carboxylic acids is 3. The number of hydrogen-bond donors (Lipinski definition) is 2. The second kappa shape index (κ2) is 10.9. The van der Waals surface area contributed by atoms with Gasteiger partial charge in [0.2, 0.25) is 11.8 Å². The monoisotopic (exact) mass is 414 g/mol. The molecule has 0 aromatic heterocycles. The second-order valence-corrected chi connectivity index (χ2v) is 7.43. The zero-order chi connectivity index (χ0) is 22.1. The standard InChI is InChI=1S/C26H26N2O3/c1-19(29)18-27-25(30)23(17-20-11-5-2-6-12-20)28-26(31)24(21-13-7-3-8-14-21)22-15-9-4-10-16-22/h2-16,23-24H,17-18H2,1H3,(H,27,30)(H,28,31)/t23-/m0/s1. The summed E-state index contributed by atoms with van der Waals surface area (Å²) < 4.78 is 0. The average Bonchev–Trinajstić information content (AvgIpc) is 2.79. The molecule has 0 aliphatic carbocycles. The molecular weight excluding hydrogens is 388 g/mol. The quantitative estimate of drug-likeness (QED) is 0.564. The highest BCUT2D eigenvalue weighted by Crippen LogP contribution is 2.25. The van der Waals surface area contributed by atoms with Crippen molar-refractivity contribution in [3.05, 3.63) is 108 Å². The Bertz CT molecular complexity index is 965. The Kier molecular flexibility index (Phi) is 7.71. The van der Waals surface area contributed by atoms with Gasteiger partial charge in [-0.15, -0.1) is 0 Å². The fraction of sp³-hybridized carbons (Fsp3) is 0.192. The zero-order valence-corrected chi connectivity index (χ0v) is 17.5. The Balaban J connectivity index is 1.87. The van der Waals surface area contributed by atoms with Gasteiger partial charge in [0.15, 0.2) is 0 Å². The molecule has 0 radical (unpaired) electrons. The van der Waals surface area contributed by atoms with E-state index in [0.29, 0.717) is 6.42 Å². The molecular formula is C26H26N2O3. The van der Waals surface area contributed by atoms with Gasteiger partial charge in [0.1, 0.15) is 11.8 Å². The van der Waals surface area contributed by atoms with E-state index in [2.05, 4.69) is 10.6 Å². The molecule has 5 nitrogen and oxygen atoms in total. The normalized spacial score (nSPS) is 11.5. The van der Waals surface area contributed by atoms with Gasteiger partial charge in [0, 0.05) is 6.42 Å². The second-order valence-electron chi connectivity index (χ2n) is 7.43. The van der Waals surface area contributed by atoms with E-state index in [-0.39, 0.29) is 24.1 Å². The van der Waals surface area contributed by atoms with Gasteiger partial charge in [-0.05, 0) is 23.6 Å². The Morgan fingerprint density at radius 3 is 1.68 bits per heavy atom. The molecule has 3 aromatic carbocycles. The maximum Gasteiger partial charge on any atom is 0.243 e. The first-order valence-corrected chi connectivity index (χ1v) is 10.3. The van der Waals surface area contributed by atoms with Crippen LogP contribution in [-0.2, 0) is 20.8 Å². The lowest BCUT2D eigenvalue weighted by atomic mass is 9.90. The maximum atomic E-state index is 13.4. The maximum absolute atomic E-state index is 13.4. The summed E-state index contributed by atoms with van der Waals surface area (Å²) in [4.78, 5) is 37.6. The molecule has 0 unspecified atom stereocenters. The fourth-order valence-electron chi connectivity index (χ4n) is 3.44. The van der Waals surface area contributed by atoms with E-state index in [4.69, 9.17) is 0 Å². The van der Waals surface area contributed by atoms with Crippen molar-refractivity contribution in [3.8, 4) is 0 Å². The van der Waals surface area contributed by atoms with Gasteiger partial charge in [-0.25, -0.2) is 0 Å². The zero-order valence-electron chi connectivity index (χ0n) is 17.5. The van der Waals surface area contributed by atoms with Gasteiger partial charge in [0.05, 0.1) is 12.5 Å². The number of benzene rings is 3. The minimum Gasteiger partial charge on any atom is -0.347 e. The van der Waals surface area contributed by atoms with E-state index in [1.54, 1.807) is 0 Å². The molecule has 0 heterocycles. The predicted octanol–water partition coefficient (Wildman–Crippen LogP) is 3.25. The predicted molar refractivity (Wildman–Crippen MR) is 120 cm³/mol. The minimum atomic E-state index is -0.802. The smallest absolute Gasteiger partial charge is 0.243 e. The van der Waals surface area contributed by atoms with Crippen LogP contribution in [0.5, 0.6) is 0 Å². The number of hydrogen-bond acceptors (Lipinski definition) is 3. The summed E-state index contributed by atoms with van der Waals surface area (Å²) >= 11 is 0. The van der Waals surface area contributed by atoms with Gasteiger partial charge in [-0.2, -0.15) is 0 Å². The average molecular weight is 415 g/mol. The highest BCUT2D eigenvalue weighted by atomic mass is 16.2. The topological polar surface area (TPSA) is 75.3 Å². The van der Waals surface area contributed by atoms with E-state index >= 15 is 0 Å². The lowest BCUT2D eigenvalue weighted by Crippen LogP contribution is -2.50. The van der Waals surface area contributed by atoms with Crippen LogP contribution in [0.25, 0.3) is 0 Å². The third-order valence-corrected chi connectivity index (χ3v) is 4.96. The molecule has 0 spiro atoms. The molecule has 2 amide bonds. The van der Waals surface area contributed by atoms with Crippen molar-refractivity contribution in [2.24, 2.45) is 0 Å². The van der Waals surface area contributed by atoms with Crippen LogP contribution >= 0.6 is 0 Å². The largest absolute Gasteiger partial charge is 0.347 e. The molecule has 2 N–H and O–H groups in total. The summed E-state index contributed by atoms with van der Waals surface area (Å²) in [6, 6.07) is 27.6. The lowest BCUT2D eigenvalue weighted by molar-refractivity contribution is -0.130. The van der Waals surface area contributed by atoms with Crippen LogP contribution in [0.2, 0.25) is 0 Å². The molecule has 31 heavy (non-hydrogen) atoms. The van der Waals surface area contributed by atoms with Crippen LogP contribution in [0.1, 0.15) is 29.5 Å².